The van der Waals surface area contributed by atoms with Gasteiger partial charge in [0.1, 0.15) is 0 Å². The standard InChI is InChI=1S/C54H36N2S/c1-2-16-38(17-3-1)42-20-4-9-25-47(42)55(51-29-15-31-53-54(51)46-24-8-13-30-52(46)57-53)41-34-32-37(33-35-41)39-18-14-19-40(36-39)43-21-5-10-26-48(43)56-49-27-11-6-22-44(49)45-23-7-12-28-50(45)56/h1-36H. The van der Waals surface area contributed by atoms with Crippen molar-refractivity contribution in [1.29, 1.82) is 0 Å². The molecule has 0 saturated heterocycles. The normalized spacial score (nSPS) is 11.5. The lowest BCUT2D eigenvalue weighted by molar-refractivity contribution is 1.18. The fraction of sp³-hybridized carbons (Fsp3) is 0. The van der Waals surface area contributed by atoms with E-state index in [4.69, 9.17) is 0 Å². The van der Waals surface area contributed by atoms with Gasteiger partial charge in [0.15, 0.2) is 0 Å². The molecule has 0 saturated carbocycles. The SMILES string of the molecule is c1ccc(-c2ccccc2N(c2ccc(-c3cccc(-c4ccccc4-n4c5ccccc5c5ccccc54)c3)cc2)c2cccc3sc4ccccc4c23)cc1. The van der Waals surface area contributed by atoms with E-state index >= 15 is 0 Å². The summed E-state index contributed by atoms with van der Waals surface area (Å²) in [6, 6.07) is 79.3. The highest BCUT2D eigenvalue weighted by Crippen LogP contribution is 2.47. The Kier molecular flexibility index (Phi) is 8.04. The molecule has 57 heavy (non-hydrogen) atoms. The molecule has 2 nitrogen and oxygen atoms in total. The Labute approximate surface area is 335 Å². The van der Waals surface area contributed by atoms with Crippen LogP contribution in [0.2, 0.25) is 0 Å². The molecule has 11 aromatic rings. The zero-order chi connectivity index (χ0) is 37.7. The number of hydrogen-bond acceptors (Lipinski definition) is 2. The third-order valence-corrected chi connectivity index (χ3v) is 12.3. The van der Waals surface area contributed by atoms with Gasteiger partial charge in [0.25, 0.3) is 0 Å². The summed E-state index contributed by atoms with van der Waals surface area (Å²) >= 11 is 1.86. The van der Waals surface area contributed by atoms with Gasteiger partial charge in [-0.3, -0.25) is 0 Å². The zero-order valence-corrected chi connectivity index (χ0v) is 31.9. The van der Waals surface area contributed by atoms with Crippen LogP contribution in [0.3, 0.4) is 0 Å². The quantitative estimate of drug-likeness (QED) is 0.158. The van der Waals surface area contributed by atoms with E-state index in [1.807, 2.05) is 11.3 Å². The molecule has 0 radical (unpaired) electrons. The van der Waals surface area contributed by atoms with Crippen LogP contribution < -0.4 is 4.90 Å². The van der Waals surface area contributed by atoms with Crippen LogP contribution in [-0.4, -0.2) is 4.57 Å². The number of rotatable bonds is 7. The summed E-state index contributed by atoms with van der Waals surface area (Å²) in [6.07, 6.45) is 0. The maximum Gasteiger partial charge on any atom is 0.0555 e. The molecule has 0 fully saturated rings. The summed E-state index contributed by atoms with van der Waals surface area (Å²) in [5, 5.41) is 5.09. The van der Waals surface area contributed by atoms with Gasteiger partial charge in [0, 0.05) is 47.8 Å². The lowest BCUT2D eigenvalue weighted by Gasteiger charge is -2.29. The highest BCUT2D eigenvalue weighted by Gasteiger charge is 2.21. The summed E-state index contributed by atoms with van der Waals surface area (Å²) in [7, 11) is 0. The highest BCUT2D eigenvalue weighted by atomic mass is 32.1. The van der Waals surface area contributed by atoms with Crippen molar-refractivity contribution in [2.45, 2.75) is 0 Å². The fourth-order valence-electron chi connectivity index (χ4n) is 8.64. The summed E-state index contributed by atoms with van der Waals surface area (Å²) in [5.41, 5.74) is 14.1. The molecule has 0 aliphatic heterocycles. The second-order valence-electron chi connectivity index (χ2n) is 14.5. The van der Waals surface area contributed by atoms with Crippen molar-refractivity contribution in [3.63, 3.8) is 0 Å². The van der Waals surface area contributed by atoms with Crippen molar-refractivity contribution in [2.24, 2.45) is 0 Å². The fourth-order valence-corrected chi connectivity index (χ4v) is 9.77. The first-order valence-electron chi connectivity index (χ1n) is 19.4. The molecule has 0 spiro atoms. The van der Waals surface area contributed by atoms with Crippen LogP contribution in [0.1, 0.15) is 0 Å². The molecule has 0 unspecified atom stereocenters. The van der Waals surface area contributed by atoms with E-state index in [1.165, 1.54) is 86.7 Å². The molecular weight excluding hydrogens is 709 g/mol. The predicted molar refractivity (Wildman–Crippen MR) is 245 cm³/mol. The van der Waals surface area contributed by atoms with Gasteiger partial charge in [-0.15, -0.1) is 11.3 Å². The average molecular weight is 745 g/mol. The molecule has 0 aliphatic carbocycles. The lowest BCUT2D eigenvalue weighted by Crippen LogP contribution is -2.11. The van der Waals surface area contributed by atoms with Gasteiger partial charge in [-0.1, -0.05) is 158 Å². The summed E-state index contributed by atoms with van der Waals surface area (Å²) in [4.78, 5) is 2.45. The van der Waals surface area contributed by atoms with Gasteiger partial charge in [-0.2, -0.15) is 0 Å². The zero-order valence-electron chi connectivity index (χ0n) is 31.1. The van der Waals surface area contributed by atoms with E-state index in [0.29, 0.717) is 0 Å². The topological polar surface area (TPSA) is 8.17 Å². The van der Waals surface area contributed by atoms with Crippen LogP contribution >= 0.6 is 11.3 Å². The third kappa shape index (κ3) is 5.63. The number of aromatic nitrogens is 1. The Bertz CT molecular complexity index is 3190. The Morgan fingerprint density at radius 1 is 0.351 bits per heavy atom. The van der Waals surface area contributed by atoms with Gasteiger partial charge in [0.2, 0.25) is 0 Å². The van der Waals surface area contributed by atoms with E-state index in [-0.39, 0.29) is 0 Å². The van der Waals surface area contributed by atoms with E-state index in [0.717, 1.165) is 11.4 Å². The van der Waals surface area contributed by atoms with Crippen molar-refractivity contribution < 1.29 is 0 Å². The molecule has 0 amide bonds. The highest BCUT2D eigenvalue weighted by molar-refractivity contribution is 7.26. The first-order chi connectivity index (χ1) is 28.3. The van der Waals surface area contributed by atoms with Gasteiger partial charge < -0.3 is 9.47 Å². The third-order valence-electron chi connectivity index (χ3n) is 11.2. The second-order valence-corrected chi connectivity index (χ2v) is 15.6. The van der Waals surface area contributed by atoms with Crippen LogP contribution in [0.15, 0.2) is 218 Å². The number of para-hydroxylation sites is 4. The number of benzene rings is 9. The molecule has 0 atom stereocenters. The minimum Gasteiger partial charge on any atom is -0.309 e. The van der Waals surface area contributed by atoms with Crippen LogP contribution in [0, 0.1) is 0 Å². The Morgan fingerprint density at radius 3 is 1.70 bits per heavy atom. The molecule has 268 valence electrons. The van der Waals surface area contributed by atoms with Crippen molar-refractivity contribution >= 4 is 70.4 Å². The maximum absolute atomic E-state index is 2.45. The number of nitrogens with zero attached hydrogens (tertiary/aromatic N) is 2. The Balaban J connectivity index is 1.04. The van der Waals surface area contributed by atoms with E-state index in [2.05, 4.69) is 228 Å². The average Bonchev–Trinajstić information content (AvgIpc) is 3.84. The van der Waals surface area contributed by atoms with Gasteiger partial charge >= 0.3 is 0 Å². The van der Waals surface area contributed by atoms with Gasteiger partial charge in [-0.25, -0.2) is 0 Å². The summed E-state index contributed by atoms with van der Waals surface area (Å²) in [6.45, 7) is 0. The predicted octanol–water partition coefficient (Wildman–Crippen LogP) is 15.6. The minimum atomic E-state index is 1.11. The smallest absolute Gasteiger partial charge is 0.0555 e. The van der Waals surface area contributed by atoms with Crippen molar-refractivity contribution in [1.82, 2.24) is 4.57 Å². The molecule has 0 bridgehead atoms. The first-order valence-corrected chi connectivity index (χ1v) is 20.3. The largest absolute Gasteiger partial charge is 0.309 e. The molecule has 2 heterocycles. The second kappa shape index (κ2) is 13.8. The van der Waals surface area contributed by atoms with Crippen molar-refractivity contribution in [2.75, 3.05) is 4.90 Å². The summed E-state index contributed by atoms with van der Waals surface area (Å²) < 4.78 is 5.00. The molecule has 11 rings (SSSR count). The van der Waals surface area contributed by atoms with Crippen LogP contribution in [0.5, 0.6) is 0 Å². The van der Waals surface area contributed by atoms with E-state index in [1.54, 1.807) is 0 Å². The monoisotopic (exact) mass is 744 g/mol. The number of thiophene rings is 1. The molecular formula is C54H36N2S. The van der Waals surface area contributed by atoms with Crippen LogP contribution in [0.25, 0.3) is 81.0 Å². The molecule has 3 heteroatoms. The Morgan fingerprint density at radius 2 is 0.912 bits per heavy atom. The summed E-state index contributed by atoms with van der Waals surface area (Å²) in [5.74, 6) is 0. The molecule has 2 aromatic heterocycles. The van der Waals surface area contributed by atoms with E-state index in [9.17, 15) is 0 Å². The van der Waals surface area contributed by atoms with Gasteiger partial charge in [-0.05, 0) is 82.9 Å². The molecule has 9 aromatic carbocycles. The van der Waals surface area contributed by atoms with Crippen LogP contribution in [0.4, 0.5) is 17.1 Å². The Hall–Kier alpha value is -7.20. The maximum atomic E-state index is 2.45. The minimum absolute atomic E-state index is 1.11. The van der Waals surface area contributed by atoms with E-state index < -0.39 is 0 Å². The van der Waals surface area contributed by atoms with Gasteiger partial charge in [0.05, 0.1) is 28.1 Å². The molecule has 0 N–H and O–H groups in total. The van der Waals surface area contributed by atoms with Crippen LogP contribution in [-0.2, 0) is 0 Å². The van der Waals surface area contributed by atoms with Crippen molar-refractivity contribution in [3.8, 4) is 39.1 Å². The number of fused-ring (bicyclic) bond motifs is 6. The number of hydrogen-bond donors (Lipinski definition) is 0. The number of anilines is 3. The van der Waals surface area contributed by atoms with Crippen molar-refractivity contribution in [3.05, 3.63) is 218 Å². The lowest BCUT2D eigenvalue weighted by atomic mass is 9.97. The first kappa shape index (κ1) is 33.2. The molecule has 0 aliphatic rings.